The molecular weight excluding hydrogens is 198 g/mol. The Bertz CT molecular complexity index is 522. The largest absolute Gasteiger partial charge is 0.398 e. The molecule has 2 N–H and O–H groups in total. The maximum absolute atomic E-state index is 5.98. The van der Waals surface area contributed by atoms with Gasteiger partial charge in [-0.3, -0.25) is 0 Å². The molecule has 0 spiro atoms. The lowest BCUT2D eigenvalue weighted by atomic mass is 9.98. The van der Waals surface area contributed by atoms with Crippen molar-refractivity contribution in [2.75, 3.05) is 5.73 Å². The second-order valence-electron chi connectivity index (χ2n) is 4.02. The molecule has 1 aliphatic heterocycles. The van der Waals surface area contributed by atoms with Crippen LogP contribution in [0.4, 0.5) is 5.69 Å². The third kappa shape index (κ3) is 1.39. The van der Waals surface area contributed by atoms with E-state index in [1.807, 2.05) is 36.4 Å². The van der Waals surface area contributed by atoms with Gasteiger partial charge < -0.3 is 10.5 Å². The number of hydrogen-bond acceptors (Lipinski definition) is 2. The summed E-state index contributed by atoms with van der Waals surface area (Å²) in [6, 6.07) is 16.2. The highest BCUT2D eigenvalue weighted by Gasteiger charge is 2.25. The quantitative estimate of drug-likeness (QED) is 0.736. The van der Waals surface area contributed by atoms with Crippen LogP contribution < -0.4 is 5.73 Å². The van der Waals surface area contributed by atoms with Crippen LogP contribution in [0, 0.1) is 0 Å². The smallest absolute Gasteiger partial charge is 0.110 e. The van der Waals surface area contributed by atoms with Crippen LogP contribution in [0.25, 0.3) is 0 Å². The summed E-state index contributed by atoms with van der Waals surface area (Å²) in [5.74, 6) is 0. The number of benzene rings is 2. The first-order valence-electron chi connectivity index (χ1n) is 5.40. The van der Waals surface area contributed by atoms with Crippen LogP contribution >= 0.6 is 0 Å². The number of hydrogen-bond donors (Lipinski definition) is 1. The Hall–Kier alpha value is -1.80. The van der Waals surface area contributed by atoms with Crippen molar-refractivity contribution >= 4 is 5.69 Å². The van der Waals surface area contributed by atoms with E-state index in [1.54, 1.807) is 0 Å². The van der Waals surface area contributed by atoms with Crippen LogP contribution in [0.1, 0.15) is 22.8 Å². The lowest BCUT2D eigenvalue weighted by molar-refractivity contribution is 0.0944. The minimum Gasteiger partial charge on any atom is -0.398 e. The number of fused-ring (bicyclic) bond motifs is 1. The molecule has 0 saturated heterocycles. The van der Waals surface area contributed by atoms with E-state index >= 15 is 0 Å². The lowest BCUT2D eigenvalue weighted by Gasteiger charge is -2.13. The summed E-state index contributed by atoms with van der Waals surface area (Å²) in [4.78, 5) is 0. The van der Waals surface area contributed by atoms with Gasteiger partial charge in [0, 0.05) is 11.3 Å². The van der Waals surface area contributed by atoms with Crippen LogP contribution in [0.5, 0.6) is 0 Å². The predicted octanol–water partition coefficient (Wildman–Crippen LogP) is 2.89. The topological polar surface area (TPSA) is 35.2 Å². The zero-order valence-corrected chi connectivity index (χ0v) is 8.89. The number of ether oxygens (including phenoxy) is 1. The number of para-hydroxylation sites is 1. The first kappa shape index (κ1) is 9.43. The Balaban J connectivity index is 2.08. The second-order valence-corrected chi connectivity index (χ2v) is 4.02. The van der Waals surface area contributed by atoms with Gasteiger partial charge in [0.1, 0.15) is 6.10 Å². The highest BCUT2D eigenvalue weighted by Crippen LogP contribution is 2.37. The highest BCUT2D eigenvalue weighted by atomic mass is 16.5. The Labute approximate surface area is 94.7 Å². The monoisotopic (exact) mass is 211 g/mol. The summed E-state index contributed by atoms with van der Waals surface area (Å²) < 4.78 is 5.81. The fourth-order valence-corrected chi connectivity index (χ4v) is 2.19. The van der Waals surface area contributed by atoms with Crippen molar-refractivity contribution < 1.29 is 4.74 Å². The summed E-state index contributed by atoms with van der Waals surface area (Å²) in [5.41, 5.74) is 10.3. The summed E-state index contributed by atoms with van der Waals surface area (Å²) in [6.07, 6.45) is -0.00241. The van der Waals surface area contributed by atoms with E-state index in [0.717, 1.165) is 11.3 Å². The van der Waals surface area contributed by atoms with Crippen molar-refractivity contribution in [3.63, 3.8) is 0 Å². The lowest BCUT2D eigenvalue weighted by Crippen LogP contribution is -2.02. The van der Waals surface area contributed by atoms with E-state index in [4.69, 9.17) is 10.5 Å². The zero-order chi connectivity index (χ0) is 11.0. The van der Waals surface area contributed by atoms with Gasteiger partial charge in [-0.25, -0.2) is 0 Å². The van der Waals surface area contributed by atoms with E-state index in [2.05, 4.69) is 12.1 Å². The molecule has 2 nitrogen and oxygen atoms in total. The van der Waals surface area contributed by atoms with Crippen LogP contribution in [-0.4, -0.2) is 0 Å². The van der Waals surface area contributed by atoms with E-state index < -0.39 is 0 Å². The van der Waals surface area contributed by atoms with Gasteiger partial charge in [0.25, 0.3) is 0 Å². The van der Waals surface area contributed by atoms with Crippen molar-refractivity contribution in [1.82, 2.24) is 0 Å². The van der Waals surface area contributed by atoms with E-state index in [-0.39, 0.29) is 6.10 Å². The predicted molar refractivity (Wildman–Crippen MR) is 63.9 cm³/mol. The highest BCUT2D eigenvalue weighted by molar-refractivity contribution is 5.52. The molecule has 2 heteroatoms. The molecule has 16 heavy (non-hydrogen) atoms. The third-order valence-electron chi connectivity index (χ3n) is 3.02. The fraction of sp³-hybridized carbons (Fsp3) is 0.143. The Morgan fingerprint density at radius 2 is 1.62 bits per heavy atom. The number of nitrogen functional groups attached to an aromatic ring is 1. The molecule has 0 aromatic heterocycles. The molecule has 0 saturated carbocycles. The van der Waals surface area contributed by atoms with Crippen LogP contribution in [0.15, 0.2) is 48.5 Å². The van der Waals surface area contributed by atoms with Crippen LogP contribution in [0.2, 0.25) is 0 Å². The van der Waals surface area contributed by atoms with Gasteiger partial charge in [-0.1, -0.05) is 42.5 Å². The van der Waals surface area contributed by atoms with Gasteiger partial charge in [0.05, 0.1) is 6.61 Å². The van der Waals surface area contributed by atoms with Crippen molar-refractivity contribution in [3.8, 4) is 0 Å². The Kier molecular flexibility index (Phi) is 2.15. The molecule has 0 aliphatic carbocycles. The summed E-state index contributed by atoms with van der Waals surface area (Å²) >= 11 is 0. The van der Waals surface area contributed by atoms with Crippen molar-refractivity contribution in [2.45, 2.75) is 12.7 Å². The van der Waals surface area contributed by atoms with Crippen molar-refractivity contribution in [1.29, 1.82) is 0 Å². The van der Waals surface area contributed by atoms with Crippen LogP contribution in [0.3, 0.4) is 0 Å². The van der Waals surface area contributed by atoms with Gasteiger partial charge >= 0.3 is 0 Å². The number of rotatable bonds is 1. The molecule has 80 valence electrons. The summed E-state index contributed by atoms with van der Waals surface area (Å²) in [6.45, 7) is 0.676. The molecule has 0 bridgehead atoms. The molecule has 0 radical (unpaired) electrons. The molecular formula is C14H13NO. The van der Waals surface area contributed by atoms with Gasteiger partial charge in [-0.2, -0.15) is 0 Å². The molecule has 0 amide bonds. The fourth-order valence-electron chi connectivity index (χ4n) is 2.19. The van der Waals surface area contributed by atoms with Crippen molar-refractivity contribution in [2.24, 2.45) is 0 Å². The van der Waals surface area contributed by atoms with Gasteiger partial charge in [0.2, 0.25) is 0 Å². The van der Waals surface area contributed by atoms with Crippen LogP contribution in [-0.2, 0) is 11.3 Å². The van der Waals surface area contributed by atoms with E-state index in [1.165, 1.54) is 11.1 Å². The molecule has 3 rings (SSSR count). The normalized spacial score (nSPS) is 18.4. The van der Waals surface area contributed by atoms with Gasteiger partial charge in [-0.05, 0) is 17.2 Å². The molecule has 1 heterocycles. The third-order valence-corrected chi connectivity index (χ3v) is 3.02. The molecule has 1 aliphatic rings. The second kappa shape index (κ2) is 3.65. The Morgan fingerprint density at radius 3 is 2.44 bits per heavy atom. The van der Waals surface area contributed by atoms with Gasteiger partial charge in [-0.15, -0.1) is 0 Å². The first-order valence-corrected chi connectivity index (χ1v) is 5.40. The molecule has 1 unspecified atom stereocenters. The Morgan fingerprint density at radius 1 is 0.938 bits per heavy atom. The standard InChI is InChI=1S/C14H13NO/c15-13-8-4-3-7-12(13)14-11-6-2-1-5-10(11)9-16-14/h1-8,14H,9,15H2. The zero-order valence-electron chi connectivity index (χ0n) is 8.89. The summed E-state index contributed by atoms with van der Waals surface area (Å²) in [5, 5.41) is 0. The molecule has 1 atom stereocenters. The summed E-state index contributed by atoms with van der Waals surface area (Å²) in [7, 11) is 0. The van der Waals surface area contributed by atoms with E-state index in [0.29, 0.717) is 6.61 Å². The average Bonchev–Trinajstić information content (AvgIpc) is 2.74. The minimum absolute atomic E-state index is 0.00241. The number of nitrogens with two attached hydrogens (primary N) is 1. The molecule has 2 aromatic rings. The maximum Gasteiger partial charge on any atom is 0.110 e. The molecule has 2 aromatic carbocycles. The number of anilines is 1. The van der Waals surface area contributed by atoms with E-state index in [9.17, 15) is 0 Å². The molecule has 0 fully saturated rings. The maximum atomic E-state index is 5.98. The van der Waals surface area contributed by atoms with Crippen molar-refractivity contribution in [3.05, 3.63) is 65.2 Å². The SMILES string of the molecule is Nc1ccccc1C1OCc2ccccc21. The minimum atomic E-state index is -0.00241. The average molecular weight is 211 g/mol. The van der Waals surface area contributed by atoms with Gasteiger partial charge in [0.15, 0.2) is 0 Å². The first-order chi connectivity index (χ1) is 7.86.